The number of unbranched alkanes of at least 4 members (excludes halogenated alkanes) is 1. The lowest BCUT2D eigenvalue weighted by Gasteiger charge is -2.13. The average Bonchev–Trinajstić information content (AvgIpc) is 2.63. The van der Waals surface area contributed by atoms with Crippen molar-refractivity contribution in [2.45, 2.75) is 46.1 Å². The van der Waals surface area contributed by atoms with Crippen LogP contribution >= 0.6 is 27.3 Å². The van der Waals surface area contributed by atoms with Gasteiger partial charge in [-0.15, -0.1) is 11.3 Å². The maximum Gasteiger partial charge on any atom is 0.0397 e. The Labute approximate surface area is 112 Å². The molecule has 1 aromatic rings. The second-order valence-electron chi connectivity index (χ2n) is 4.70. The molecule has 0 spiro atoms. The van der Waals surface area contributed by atoms with Gasteiger partial charge in [0.15, 0.2) is 0 Å². The van der Waals surface area contributed by atoms with Crippen LogP contribution in [0.25, 0.3) is 0 Å². The van der Waals surface area contributed by atoms with E-state index in [0.717, 1.165) is 12.5 Å². The Morgan fingerprint density at radius 1 is 1.31 bits per heavy atom. The first kappa shape index (κ1) is 14.2. The molecular formula is C13H22BrNS. The van der Waals surface area contributed by atoms with E-state index in [9.17, 15) is 0 Å². The Balaban J connectivity index is 2.16. The largest absolute Gasteiger partial charge is 0.309 e. The minimum Gasteiger partial charge on any atom is -0.309 e. The monoisotopic (exact) mass is 303 g/mol. The molecular weight excluding hydrogens is 282 g/mol. The number of hydrogen-bond donors (Lipinski definition) is 1. The van der Waals surface area contributed by atoms with Crippen LogP contribution in [0, 0.1) is 5.92 Å². The molecule has 0 saturated heterocycles. The molecule has 0 saturated carbocycles. The van der Waals surface area contributed by atoms with E-state index in [1.165, 1.54) is 28.6 Å². The van der Waals surface area contributed by atoms with Crippen molar-refractivity contribution >= 4 is 27.3 Å². The highest BCUT2D eigenvalue weighted by Gasteiger charge is 2.09. The second-order valence-corrected chi connectivity index (χ2v) is 6.50. The maximum atomic E-state index is 3.58. The Morgan fingerprint density at radius 3 is 2.62 bits per heavy atom. The highest BCUT2D eigenvalue weighted by molar-refractivity contribution is 9.10. The van der Waals surface area contributed by atoms with Crippen LogP contribution in [-0.2, 0) is 0 Å². The van der Waals surface area contributed by atoms with Gasteiger partial charge in [0.1, 0.15) is 0 Å². The summed E-state index contributed by atoms with van der Waals surface area (Å²) in [5.74, 6) is 0.837. The minimum atomic E-state index is 0.466. The Hall–Kier alpha value is 0.140. The summed E-state index contributed by atoms with van der Waals surface area (Å²) >= 11 is 5.40. The van der Waals surface area contributed by atoms with E-state index in [2.05, 4.69) is 53.5 Å². The fourth-order valence-corrected chi connectivity index (χ4v) is 3.45. The van der Waals surface area contributed by atoms with E-state index in [4.69, 9.17) is 0 Å². The summed E-state index contributed by atoms with van der Waals surface area (Å²) in [6.07, 6.45) is 3.97. The first-order chi connectivity index (χ1) is 7.61. The lowest BCUT2D eigenvalue weighted by atomic mass is 10.1. The van der Waals surface area contributed by atoms with Gasteiger partial charge in [-0.05, 0) is 53.2 Å². The molecule has 1 rings (SSSR count). The van der Waals surface area contributed by atoms with Crippen LogP contribution in [0.4, 0.5) is 0 Å². The third kappa shape index (κ3) is 4.98. The van der Waals surface area contributed by atoms with Crippen LogP contribution in [0.15, 0.2) is 15.9 Å². The lowest BCUT2D eigenvalue weighted by molar-refractivity contribution is 0.500. The van der Waals surface area contributed by atoms with Crippen LogP contribution in [0.1, 0.15) is 51.0 Å². The molecule has 0 aromatic carbocycles. The van der Waals surface area contributed by atoms with Crippen LogP contribution in [0.2, 0.25) is 0 Å². The fraction of sp³-hybridized carbons (Fsp3) is 0.692. The van der Waals surface area contributed by atoms with Crippen molar-refractivity contribution in [2.75, 3.05) is 6.54 Å². The molecule has 1 N–H and O–H groups in total. The minimum absolute atomic E-state index is 0.466. The van der Waals surface area contributed by atoms with Gasteiger partial charge in [0.25, 0.3) is 0 Å². The number of halogens is 1. The van der Waals surface area contributed by atoms with Crippen LogP contribution in [0.3, 0.4) is 0 Å². The predicted octanol–water partition coefficient (Wildman–Crippen LogP) is 4.99. The molecule has 1 unspecified atom stereocenters. The van der Waals surface area contributed by atoms with Gasteiger partial charge in [-0.3, -0.25) is 0 Å². The zero-order chi connectivity index (χ0) is 12.0. The molecule has 0 aliphatic carbocycles. The second kappa shape index (κ2) is 7.46. The van der Waals surface area contributed by atoms with Crippen molar-refractivity contribution in [3.8, 4) is 0 Å². The molecule has 0 aliphatic heterocycles. The molecule has 0 bridgehead atoms. The van der Waals surface area contributed by atoms with Gasteiger partial charge >= 0.3 is 0 Å². The molecule has 92 valence electrons. The van der Waals surface area contributed by atoms with Crippen LogP contribution in [0.5, 0.6) is 0 Å². The summed E-state index contributed by atoms with van der Waals surface area (Å²) < 4.78 is 1.24. The van der Waals surface area contributed by atoms with Crippen molar-refractivity contribution in [2.24, 2.45) is 5.92 Å². The topological polar surface area (TPSA) is 12.0 Å². The van der Waals surface area contributed by atoms with Crippen LogP contribution < -0.4 is 5.32 Å². The summed E-state index contributed by atoms with van der Waals surface area (Å²) in [5, 5.41) is 5.72. The van der Waals surface area contributed by atoms with Gasteiger partial charge in [0, 0.05) is 15.4 Å². The number of hydrogen-bond acceptors (Lipinski definition) is 2. The molecule has 1 nitrogen and oxygen atoms in total. The van der Waals surface area contributed by atoms with Gasteiger partial charge in [0.2, 0.25) is 0 Å². The van der Waals surface area contributed by atoms with Gasteiger partial charge in [-0.2, -0.15) is 0 Å². The summed E-state index contributed by atoms with van der Waals surface area (Å²) in [5.41, 5.74) is 0. The van der Waals surface area contributed by atoms with E-state index in [1.54, 1.807) is 0 Å². The molecule has 1 atom stereocenters. The van der Waals surface area contributed by atoms with E-state index in [-0.39, 0.29) is 0 Å². The molecule has 0 amide bonds. The Morgan fingerprint density at radius 2 is 2.06 bits per heavy atom. The standard InChI is InChI=1S/C13H22BrNS/c1-10(2)6-4-5-8-15-11(3)13-12(14)7-9-16-13/h7,9-11,15H,4-6,8H2,1-3H3. The fourth-order valence-electron chi connectivity index (χ4n) is 1.70. The maximum absolute atomic E-state index is 3.58. The first-order valence-corrected chi connectivity index (χ1v) is 7.74. The molecule has 1 heterocycles. The number of thiophene rings is 1. The lowest BCUT2D eigenvalue weighted by Crippen LogP contribution is -2.19. The predicted molar refractivity (Wildman–Crippen MR) is 77.1 cm³/mol. The third-order valence-electron chi connectivity index (χ3n) is 2.70. The molecule has 0 radical (unpaired) electrons. The van der Waals surface area contributed by atoms with Crippen molar-refractivity contribution in [3.05, 3.63) is 20.8 Å². The Kier molecular flexibility index (Phi) is 6.62. The Bertz CT molecular complexity index is 296. The zero-order valence-electron chi connectivity index (χ0n) is 10.4. The van der Waals surface area contributed by atoms with Gasteiger partial charge in [0.05, 0.1) is 0 Å². The van der Waals surface area contributed by atoms with Crippen molar-refractivity contribution in [1.29, 1.82) is 0 Å². The summed E-state index contributed by atoms with van der Waals surface area (Å²) in [6.45, 7) is 7.94. The van der Waals surface area contributed by atoms with Crippen molar-refractivity contribution in [1.82, 2.24) is 5.32 Å². The van der Waals surface area contributed by atoms with E-state index in [0.29, 0.717) is 6.04 Å². The molecule has 3 heteroatoms. The van der Waals surface area contributed by atoms with Gasteiger partial charge in [-0.1, -0.05) is 26.7 Å². The van der Waals surface area contributed by atoms with Gasteiger partial charge < -0.3 is 5.32 Å². The van der Waals surface area contributed by atoms with Crippen LogP contribution in [-0.4, -0.2) is 6.54 Å². The van der Waals surface area contributed by atoms with E-state index < -0.39 is 0 Å². The summed E-state index contributed by atoms with van der Waals surface area (Å²) in [7, 11) is 0. The van der Waals surface area contributed by atoms with Crippen molar-refractivity contribution in [3.63, 3.8) is 0 Å². The summed E-state index contributed by atoms with van der Waals surface area (Å²) in [4.78, 5) is 1.41. The SMILES string of the molecule is CC(C)CCCCNC(C)c1sccc1Br. The van der Waals surface area contributed by atoms with Crippen molar-refractivity contribution < 1.29 is 0 Å². The summed E-state index contributed by atoms with van der Waals surface area (Å²) in [6, 6.07) is 2.59. The van der Waals surface area contributed by atoms with E-state index >= 15 is 0 Å². The smallest absolute Gasteiger partial charge is 0.0397 e. The average molecular weight is 304 g/mol. The molecule has 1 aromatic heterocycles. The zero-order valence-corrected chi connectivity index (χ0v) is 12.8. The quantitative estimate of drug-likeness (QED) is 0.700. The first-order valence-electron chi connectivity index (χ1n) is 6.07. The normalized spacial score (nSPS) is 13.3. The molecule has 0 fully saturated rings. The molecule has 0 aliphatic rings. The number of nitrogens with one attached hydrogen (secondary N) is 1. The third-order valence-corrected chi connectivity index (χ3v) is 4.75. The highest BCUT2D eigenvalue weighted by Crippen LogP contribution is 2.28. The number of rotatable bonds is 7. The highest BCUT2D eigenvalue weighted by atomic mass is 79.9. The van der Waals surface area contributed by atoms with Gasteiger partial charge in [-0.25, -0.2) is 0 Å². The van der Waals surface area contributed by atoms with E-state index in [1.807, 2.05) is 11.3 Å². The molecule has 16 heavy (non-hydrogen) atoms.